The molecular weight excluding hydrogens is 781 g/mol. The van der Waals surface area contributed by atoms with E-state index in [9.17, 15) is 0 Å². The number of para-hydroxylation sites is 3. The van der Waals surface area contributed by atoms with Crippen LogP contribution in [0.25, 0.3) is 88.2 Å². The number of hydrogen-bond donors (Lipinski definition) is 0. The highest BCUT2D eigenvalue weighted by Crippen LogP contribution is 2.47. The Balaban J connectivity index is 1.06. The van der Waals surface area contributed by atoms with Crippen molar-refractivity contribution in [1.29, 1.82) is 0 Å². The lowest BCUT2D eigenvalue weighted by Gasteiger charge is -2.38. The van der Waals surface area contributed by atoms with Gasteiger partial charge in [-0.3, -0.25) is 4.98 Å². The van der Waals surface area contributed by atoms with Gasteiger partial charge < -0.3 is 18.1 Å². The van der Waals surface area contributed by atoms with Crippen LogP contribution in [0.5, 0.6) is 0 Å². The minimum absolute atomic E-state index is 0.237. The minimum Gasteiger partial charge on any atom is -0.454 e. The Labute approximate surface area is 374 Å². The molecule has 2 unspecified atom stereocenters. The van der Waals surface area contributed by atoms with Crippen LogP contribution in [0.1, 0.15) is 95.0 Å². The number of furan rings is 1. The van der Waals surface area contributed by atoms with Crippen molar-refractivity contribution in [3.05, 3.63) is 174 Å². The molecule has 0 saturated heterocycles. The molecule has 0 spiro atoms. The van der Waals surface area contributed by atoms with Gasteiger partial charge in [0.2, 0.25) is 0 Å². The average molecular weight is 835 g/mol. The van der Waals surface area contributed by atoms with Gasteiger partial charge in [0.1, 0.15) is 5.58 Å². The fourth-order valence-corrected chi connectivity index (χ4v) is 12.0. The van der Waals surface area contributed by atoms with Crippen LogP contribution >= 0.6 is 0 Å². The summed E-state index contributed by atoms with van der Waals surface area (Å²) in [6.45, 7) is 9.57. The van der Waals surface area contributed by atoms with Crippen molar-refractivity contribution in [2.24, 2.45) is 0 Å². The maximum Gasteiger partial charge on any atom is 0.153 e. The molecule has 1 aliphatic rings. The molecule has 0 saturated carbocycles. The van der Waals surface area contributed by atoms with Crippen molar-refractivity contribution < 1.29 is 4.42 Å². The van der Waals surface area contributed by atoms with Crippen molar-refractivity contribution in [2.75, 3.05) is 0 Å². The lowest BCUT2D eigenvalue weighted by Crippen LogP contribution is -2.34. The summed E-state index contributed by atoms with van der Waals surface area (Å²) in [7, 11) is 0. The summed E-state index contributed by atoms with van der Waals surface area (Å²) < 4.78 is 14.2. The third-order valence-electron chi connectivity index (χ3n) is 15.1. The molecule has 0 fully saturated rings. The zero-order valence-electron chi connectivity index (χ0n) is 37.4. The molecule has 5 nitrogen and oxygen atoms in total. The lowest BCUT2D eigenvalue weighted by molar-refractivity contribution is 0.331. The summed E-state index contributed by atoms with van der Waals surface area (Å²) in [6.07, 6.45) is 17.0. The number of allylic oxidation sites excluding steroid dienone is 1. The zero-order chi connectivity index (χ0) is 43.2. The third kappa shape index (κ3) is 5.52. The van der Waals surface area contributed by atoms with Gasteiger partial charge in [0.15, 0.2) is 5.58 Å². The largest absolute Gasteiger partial charge is 0.454 e. The maximum absolute atomic E-state index is 6.35. The predicted octanol–water partition coefficient (Wildman–Crippen LogP) is 16.0. The summed E-state index contributed by atoms with van der Waals surface area (Å²) in [4.78, 5) is 4.31. The van der Waals surface area contributed by atoms with Crippen LogP contribution in [-0.2, 0) is 17.5 Å². The number of nitrogens with zero attached hydrogens (tertiary/aromatic N) is 4. The van der Waals surface area contributed by atoms with E-state index in [-0.39, 0.29) is 11.1 Å². The molecule has 0 amide bonds. The van der Waals surface area contributed by atoms with Crippen molar-refractivity contribution in [1.82, 2.24) is 18.7 Å². The molecule has 5 heteroatoms. The van der Waals surface area contributed by atoms with Gasteiger partial charge >= 0.3 is 0 Å². The van der Waals surface area contributed by atoms with Crippen LogP contribution in [-0.4, -0.2) is 18.7 Å². The van der Waals surface area contributed by atoms with Crippen LogP contribution < -0.4 is 0 Å². The first-order valence-corrected chi connectivity index (χ1v) is 23.6. The molecule has 5 heterocycles. The number of rotatable bonds is 11. The standard InChI is InChI=1S/C59H54N4O/c1-5-8-33-58(4,62-52-22-14-10-17-42(52)43-18-11-15-23-53(43)62)39-25-30-55-49(35-39)45-20-12-16-24-54(45)63(55)59(7-3,32-6-2)40-26-29-51-48(36-40)44-19-9-13-21-50(44)61(51)41-27-28-46-47-31-34-60-38-57(47)64-56(46)37-41/h9-10,12-17,19-31,34-38H,5-8,11,18,32-33H2,1-4H3. The Morgan fingerprint density at radius 1 is 0.578 bits per heavy atom. The third-order valence-corrected chi connectivity index (χ3v) is 15.1. The van der Waals surface area contributed by atoms with Gasteiger partial charge in [-0.2, -0.15) is 0 Å². The van der Waals surface area contributed by atoms with E-state index < -0.39 is 0 Å². The molecule has 6 aromatic carbocycles. The summed E-state index contributed by atoms with van der Waals surface area (Å²) in [5.41, 5.74) is 14.2. The quantitative estimate of drug-likeness (QED) is 0.130. The molecule has 1 aliphatic carbocycles. The second-order valence-electron chi connectivity index (χ2n) is 18.5. The van der Waals surface area contributed by atoms with E-state index in [4.69, 9.17) is 4.42 Å². The van der Waals surface area contributed by atoms with Crippen LogP contribution in [0.2, 0.25) is 0 Å². The number of aryl methyl sites for hydroxylation is 1. The summed E-state index contributed by atoms with van der Waals surface area (Å²) in [5.74, 6) is 0. The summed E-state index contributed by atoms with van der Waals surface area (Å²) >= 11 is 0. The SMILES string of the molecule is CCCCC(C)(c1ccc2c(c1)c1ccccc1n2C(CC)(CCC)c1ccc2c(c1)c1ccccc1n2-c1ccc2c(c1)oc1cnccc12)n1c2c(c3ccccc31)CCC=C2. The Morgan fingerprint density at radius 3 is 2.03 bits per heavy atom. The topological polar surface area (TPSA) is 40.8 Å². The van der Waals surface area contributed by atoms with E-state index in [0.29, 0.717) is 0 Å². The lowest BCUT2D eigenvalue weighted by atomic mass is 9.81. The van der Waals surface area contributed by atoms with Crippen LogP contribution in [0.15, 0.2) is 156 Å². The van der Waals surface area contributed by atoms with Crippen molar-refractivity contribution in [3.8, 4) is 5.69 Å². The fourth-order valence-electron chi connectivity index (χ4n) is 12.0. The molecule has 2 atom stereocenters. The van der Waals surface area contributed by atoms with Gasteiger partial charge in [-0.15, -0.1) is 0 Å². The number of benzene rings is 6. The number of fused-ring (bicyclic) bond motifs is 12. The van der Waals surface area contributed by atoms with E-state index in [2.05, 4.69) is 186 Å². The van der Waals surface area contributed by atoms with E-state index in [1.807, 2.05) is 18.5 Å². The Hall–Kier alpha value is -6.85. The van der Waals surface area contributed by atoms with Gasteiger partial charge in [-0.1, -0.05) is 113 Å². The predicted molar refractivity (Wildman–Crippen MR) is 269 cm³/mol. The molecular formula is C59H54N4O. The van der Waals surface area contributed by atoms with E-state index in [1.165, 1.54) is 76.9 Å². The van der Waals surface area contributed by atoms with Crippen molar-refractivity contribution in [2.45, 2.75) is 90.1 Å². The zero-order valence-corrected chi connectivity index (χ0v) is 37.4. The van der Waals surface area contributed by atoms with Gasteiger partial charge in [0, 0.05) is 77.9 Å². The van der Waals surface area contributed by atoms with Crippen LogP contribution in [0, 0.1) is 0 Å². The molecule has 5 aromatic heterocycles. The molecule has 316 valence electrons. The van der Waals surface area contributed by atoms with Crippen LogP contribution in [0.3, 0.4) is 0 Å². The second-order valence-corrected chi connectivity index (χ2v) is 18.5. The van der Waals surface area contributed by atoms with Crippen molar-refractivity contribution in [3.63, 3.8) is 0 Å². The average Bonchev–Trinajstić information content (AvgIpc) is 4.09. The molecule has 0 aliphatic heterocycles. The number of pyridine rings is 1. The Morgan fingerprint density at radius 2 is 1.23 bits per heavy atom. The van der Waals surface area contributed by atoms with E-state index in [0.717, 1.165) is 79.0 Å². The monoisotopic (exact) mass is 834 g/mol. The highest BCUT2D eigenvalue weighted by molar-refractivity contribution is 6.11. The first-order chi connectivity index (χ1) is 31.5. The second kappa shape index (κ2) is 14.9. The Kier molecular flexibility index (Phi) is 9.02. The summed E-state index contributed by atoms with van der Waals surface area (Å²) in [5, 5.41) is 8.77. The van der Waals surface area contributed by atoms with Gasteiger partial charge in [0.05, 0.1) is 28.3 Å². The first-order valence-electron chi connectivity index (χ1n) is 23.6. The molecule has 0 radical (unpaired) electrons. The van der Waals surface area contributed by atoms with Crippen LogP contribution in [0.4, 0.5) is 0 Å². The highest BCUT2D eigenvalue weighted by atomic mass is 16.3. The minimum atomic E-state index is -0.289. The number of hydrogen-bond acceptors (Lipinski definition) is 2. The Bertz CT molecular complexity index is 3650. The molecule has 0 bridgehead atoms. The molecule has 12 rings (SSSR count). The maximum atomic E-state index is 6.35. The number of unbranched alkanes of at least 4 members (excludes halogenated alkanes) is 1. The van der Waals surface area contributed by atoms with E-state index >= 15 is 0 Å². The summed E-state index contributed by atoms with van der Waals surface area (Å²) in [6, 6.07) is 50.6. The van der Waals surface area contributed by atoms with Gasteiger partial charge in [-0.25, -0.2) is 0 Å². The molecule has 64 heavy (non-hydrogen) atoms. The van der Waals surface area contributed by atoms with Crippen molar-refractivity contribution >= 4 is 82.5 Å². The smallest absolute Gasteiger partial charge is 0.153 e. The van der Waals surface area contributed by atoms with E-state index in [1.54, 1.807) is 0 Å². The first kappa shape index (κ1) is 38.8. The normalized spacial score (nSPS) is 15.0. The van der Waals surface area contributed by atoms with Gasteiger partial charge in [-0.05, 0) is 122 Å². The number of aromatic nitrogens is 4. The molecule has 0 N–H and O–H groups in total. The molecule has 11 aromatic rings. The fraction of sp³-hybridized carbons (Fsp3) is 0.237. The highest BCUT2D eigenvalue weighted by Gasteiger charge is 2.37. The van der Waals surface area contributed by atoms with Gasteiger partial charge in [0.25, 0.3) is 0 Å².